The second kappa shape index (κ2) is 18.8. The summed E-state index contributed by atoms with van der Waals surface area (Å²) in [6.45, 7) is 11.2. The van der Waals surface area contributed by atoms with E-state index in [0.717, 1.165) is 44.1 Å². The molecular weight excluding hydrogens is 753 g/mol. The molecule has 0 spiro atoms. The number of nitrogens with zero attached hydrogens (tertiary/aromatic N) is 2. The van der Waals surface area contributed by atoms with Crippen molar-refractivity contribution >= 4 is 33.7 Å². The lowest BCUT2D eigenvalue weighted by atomic mass is 9.94. The monoisotopic (exact) mass is 802 g/mol. The minimum absolute atomic E-state index is 0.0331. The molecule has 0 unspecified atom stereocenters. The van der Waals surface area contributed by atoms with Crippen molar-refractivity contribution < 1.29 is 47.5 Å². The first-order chi connectivity index (χ1) is 28.3. The number of carbonyl (C=O) groups excluding carboxylic acids is 2. The molecule has 0 fully saturated rings. The topological polar surface area (TPSA) is 134 Å². The summed E-state index contributed by atoms with van der Waals surface area (Å²) in [6.07, 6.45) is 3.39. The summed E-state index contributed by atoms with van der Waals surface area (Å²) in [6, 6.07) is 25.6. The van der Waals surface area contributed by atoms with Gasteiger partial charge in [0.25, 0.3) is 0 Å². The number of benzene rings is 4. The van der Waals surface area contributed by atoms with E-state index in [1.807, 2.05) is 64.1 Å². The van der Waals surface area contributed by atoms with Gasteiger partial charge in [0.15, 0.2) is 5.41 Å². The van der Waals surface area contributed by atoms with Crippen molar-refractivity contribution in [2.75, 3.05) is 14.2 Å². The summed E-state index contributed by atoms with van der Waals surface area (Å²) in [5.41, 5.74) is 3.07. The van der Waals surface area contributed by atoms with Crippen LogP contribution in [-0.2, 0) is 45.5 Å². The van der Waals surface area contributed by atoms with E-state index < -0.39 is 17.4 Å². The number of pyridine rings is 2. The Morgan fingerprint density at radius 3 is 1.27 bits per heavy atom. The van der Waals surface area contributed by atoms with Crippen molar-refractivity contribution in [3.8, 4) is 34.5 Å². The molecule has 59 heavy (non-hydrogen) atoms. The van der Waals surface area contributed by atoms with E-state index in [4.69, 9.17) is 37.9 Å². The lowest BCUT2D eigenvalue weighted by Crippen LogP contribution is -2.36. The first-order valence-corrected chi connectivity index (χ1v) is 19.4. The molecule has 0 bridgehead atoms. The van der Waals surface area contributed by atoms with Crippen LogP contribution in [0.15, 0.2) is 97.3 Å². The molecule has 0 radical (unpaired) electrons. The average molecular weight is 803 g/mol. The Balaban J connectivity index is 0.984. The zero-order valence-electron chi connectivity index (χ0n) is 34.7. The number of rotatable bonds is 18. The van der Waals surface area contributed by atoms with Crippen molar-refractivity contribution in [2.45, 2.75) is 80.2 Å². The van der Waals surface area contributed by atoms with Gasteiger partial charge in [-0.1, -0.05) is 24.3 Å². The van der Waals surface area contributed by atoms with Crippen LogP contribution >= 0.6 is 0 Å². The molecule has 0 aliphatic rings. The molecule has 12 heteroatoms. The molecular formula is C47H50N2O10. The predicted molar refractivity (Wildman–Crippen MR) is 223 cm³/mol. The first-order valence-electron chi connectivity index (χ1n) is 19.4. The summed E-state index contributed by atoms with van der Waals surface area (Å²) in [4.78, 5) is 35.3. The SMILES string of the molecule is COc1ccc2ncc(COc3ccc(COC(=O)C(C)(C)C(=O)OCc4ccc(OCc5cnc6ccc(OC)cc6c5OC(C)C)cc4)cc3)c(OC(C)C)c2c1. The van der Waals surface area contributed by atoms with Crippen LogP contribution in [0.4, 0.5) is 0 Å². The van der Waals surface area contributed by atoms with Gasteiger partial charge in [-0.25, -0.2) is 0 Å². The maximum Gasteiger partial charge on any atom is 0.323 e. The van der Waals surface area contributed by atoms with E-state index in [-0.39, 0.29) is 38.6 Å². The standard InChI is InChI=1S/C47H50N2O10/c1-29(2)58-43-33(23-48-41-19-17-37(52-7)21-39(41)43)27-54-35-13-9-31(10-14-35)25-56-45(50)47(5,6)46(51)57-26-32-11-15-36(16-12-32)55-28-34-24-49-42-20-18-38(53-8)22-40(42)44(34)59-30(3)4/h9-24,29-30H,25-28H2,1-8H3. The Hall–Kier alpha value is -6.56. The summed E-state index contributed by atoms with van der Waals surface area (Å²) in [7, 11) is 3.24. The number of fused-ring (bicyclic) bond motifs is 2. The van der Waals surface area contributed by atoms with Crippen LogP contribution in [0.25, 0.3) is 21.8 Å². The fraction of sp³-hybridized carbons (Fsp3) is 0.319. The molecule has 0 aliphatic heterocycles. The third kappa shape index (κ3) is 10.5. The van der Waals surface area contributed by atoms with Crippen molar-refractivity contribution in [1.82, 2.24) is 9.97 Å². The van der Waals surface area contributed by atoms with Gasteiger partial charge in [0.05, 0.1) is 48.6 Å². The van der Waals surface area contributed by atoms with Crippen molar-refractivity contribution in [2.24, 2.45) is 5.41 Å². The minimum Gasteiger partial charge on any atom is -0.497 e. The number of aromatic nitrogens is 2. The zero-order valence-corrected chi connectivity index (χ0v) is 34.7. The summed E-state index contributed by atoms with van der Waals surface area (Å²) < 4.78 is 46.4. The molecule has 6 rings (SSSR count). The van der Waals surface area contributed by atoms with Crippen LogP contribution in [0.3, 0.4) is 0 Å². The quantitative estimate of drug-likeness (QED) is 0.0606. The Morgan fingerprint density at radius 1 is 0.542 bits per heavy atom. The molecule has 6 aromatic rings. The van der Waals surface area contributed by atoms with E-state index >= 15 is 0 Å². The number of methoxy groups -OCH3 is 2. The molecule has 0 N–H and O–H groups in total. The predicted octanol–water partition coefficient (Wildman–Crippen LogP) is 9.35. The molecule has 0 saturated carbocycles. The molecule has 4 aromatic carbocycles. The number of esters is 2. The Kier molecular flexibility index (Phi) is 13.4. The van der Waals surface area contributed by atoms with Crippen LogP contribution in [0.2, 0.25) is 0 Å². The van der Waals surface area contributed by atoms with Crippen LogP contribution in [-0.4, -0.2) is 48.3 Å². The van der Waals surface area contributed by atoms with E-state index in [2.05, 4.69) is 9.97 Å². The molecule has 2 heterocycles. The maximum atomic E-state index is 13.1. The summed E-state index contributed by atoms with van der Waals surface area (Å²) >= 11 is 0. The molecule has 12 nitrogen and oxygen atoms in total. The van der Waals surface area contributed by atoms with Gasteiger partial charge >= 0.3 is 11.9 Å². The number of hydrogen-bond donors (Lipinski definition) is 0. The Bertz CT molecular complexity index is 2230. The Morgan fingerprint density at radius 2 is 0.915 bits per heavy atom. The third-order valence-corrected chi connectivity index (χ3v) is 9.30. The number of hydrogen-bond acceptors (Lipinski definition) is 12. The van der Waals surface area contributed by atoms with Gasteiger partial charge < -0.3 is 37.9 Å². The first kappa shape index (κ1) is 42.1. The van der Waals surface area contributed by atoms with Crippen molar-refractivity contribution in [3.05, 3.63) is 120 Å². The molecule has 0 aliphatic carbocycles. The zero-order chi connectivity index (χ0) is 42.1. The highest BCUT2D eigenvalue weighted by atomic mass is 16.6. The van der Waals surface area contributed by atoms with Crippen LogP contribution in [0.5, 0.6) is 34.5 Å². The van der Waals surface area contributed by atoms with Crippen molar-refractivity contribution in [1.29, 1.82) is 0 Å². The van der Waals surface area contributed by atoms with Crippen LogP contribution < -0.4 is 28.4 Å². The molecule has 2 aromatic heterocycles. The van der Waals surface area contributed by atoms with Gasteiger partial charge in [-0.2, -0.15) is 0 Å². The fourth-order valence-corrected chi connectivity index (χ4v) is 6.01. The smallest absolute Gasteiger partial charge is 0.323 e. The lowest BCUT2D eigenvalue weighted by Gasteiger charge is -2.21. The highest BCUT2D eigenvalue weighted by molar-refractivity contribution is 5.99. The third-order valence-electron chi connectivity index (χ3n) is 9.30. The molecule has 308 valence electrons. The summed E-state index contributed by atoms with van der Waals surface area (Å²) in [5, 5.41) is 1.67. The van der Waals surface area contributed by atoms with Gasteiger partial charge in [-0.05, 0) is 113 Å². The highest BCUT2D eigenvalue weighted by Crippen LogP contribution is 2.35. The van der Waals surface area contributed by atoms with Gasteiger partial charge in [0.1, 0.15) is 60.9 Å². The molecule has 0 amide bonds. The van der Waals surface area contributed by atoms with Crippen LogP contribution in [0, 0.1) is 5.41 Å². The maximum absolute atomic E-state index is 13.1. The van der Waals surface area contributed by atoms with Gasteiger partial charge in [0, 0.05) is 23.2 Å². The van der Waals surface area contributed by atoms with Crippen molar-refractivity contribution in [3.63, 3.8) is 0 Å². The van der Waals surface area contributed by atoms with E-state index in [1.165, 1.54) is 13.8 Å². The Labute approximate surface area is 344 Å². The van der Waals surface area contributed by atoms with E-state index in [9.17, 15) is 9.59 Å². The average Bonchev–Trinajstić information content (AvgIpc) is 3.24. The number of ether oxygens (including phenoxy) is 8. The second-order valence-electron chi connectivity index (χ2n) is 15.0. The largest absolute Gasteiger partial charge is 0.497 e. The summed E-state index contributed by atoms with van der Waals surface area (Å²) in [5.74, 6) is 2.61. The van der Waals surface area contributed by atoms with Gasteiger partial charge in [-0.15, -0.1) is 0 Å². The number of carbonyl (C=O) groups is 2. The highest BCUT2D eigenvalue weighted by Gasteiger charge is 2.39. The van der Waals surface area contributed by atoms with Gasteiger partial charge in [0.2, 0.25) is 0 Å². The molecule has 0 atom stereocenters. The second-order valence-corrected chi connectivity index (χ2v) is 15.0. The fourth-order valence-electron chi connectivity index (χ4n) is 6.01. The lowest BCUT2D eigenvalue weighted by molar-refractivity contribution is -0.171. The normalized spacial score (nSPS) is 11.4. The molecule has 0 saturated heterocycles. The van der Waals surface area contributed by atoms with E-state index in [0.29, 0.717) is 34.5 Å². The van der Waals surface area contributed by atoms with Crippen LogP contribution in [0.1, 0.15) is 63.8 Å². The minimum atomic E-state index is -1.53. The van der Waals surface area contributed by atoms with E-state index in [1.54, 1.807) is 75.1 Å². The van der Waals surface area contributed by atoms with Gasteiger partial charge in [-0.3, -0.25) is 19.6 Å².